The molecule has 0 fully saturated rings. The predicted molar refractivity (Wildman–Crippen MR) is 87.9 cm³/mol. The van der Waals surface area contributed by atoms with Gasteiger partial charge in [0.1, 0.15) is 5.75 Å². The van der Waals surface area contributed by atoms with E-state index in [2.05, 4.69) is 5.32 Å². The molecule has 2 aromatic rings. The molecule has 0 aromatic heterocycles. The normalized spacial score (nSPS) is 11.6. The quantitative estimate of drug-likeness (QED) is 0.857. The van der Waals surface area contributed by atoms with E-state index in [1.807, 2.05) is 31.2 Å². The highest BCUT2D eigenvalue weighted by atomic mass is 16.5. The monoisotopic (exact) mass is 313 g/mol. The Bertz CT molecular complexity index is 694. The molecule has 5 nitrogen and oxygen atoms in total. The van der Waals surface area contributed by atoms with Crippen LogP contribution >= 0.6 is 0 Å². The molecule has 2 rings (SSSR count). The van der Waals surface area contributed by atoms with Gasteiger partial charge in [-0.15, -0.1) is 0 Å². The molecule has 0 unspecified atom stereocenters. The standard InChI is InChI=1S/C18H19NO4/c1-3-13-6-4-5-7-16(13)19-17(20)14-8-10-15(11-9-14)23-12(2)18(21)22/h4-12H,3H2,1-2H3,(H,19,20)(H,21,22)/t12-/m0/s1. The largest absolute Gasteiger partial charge is 0.479 e. The summed E-state index contributed by atoms with van der Waals surface area (Å²) in [6, 6.07) is 14.0. The van der Waals surface area contributed by atoms with Gasteiger partial charge in [0.2, 0.25) is 0 Å². The summed E-state index contributed by atoms with van der Waals surface area (Å²) in [5.41, 5.74) is 2.34. The maximum Gasteiger partial charge on any atom is 0.344 e. The average molecular weight is 313 g/mol. The van der Waals surface area contributed by atoms with E-state index >= 15 is 0 Å². The van der Waals surface area contributed by atoms with Crippen molar-refractivity contribution in [1.82, 2.24) is 0 Å². The molecule has 1 amide bonds. The number of hydrogen-bond donors (Lipinski definition) is 2. The van der Waals surface area contributed by atoms with Crippen LogP contribution in [0.2, 0.25) is 0 Å². The number of carbonyl (C=O) groups excluding carboxylic acids is 1. The predicted octanol–water partition coefficient (Wildman–Crippen LogP) is 3.35. The van der Waals surface area contributed by atoms with Crippen molar-refractivity contribution in [1.29, 1.82) is 0 Å². The van der Waals surface area contributed by atoms with E-state index in [0.29, 0.717) is 11.3 Å². The zero-order valence-electron chi connectivity index (χ0n) is 13.1. The Morgan fingerprint density at radius 3 is 2.39 bits per heavy atom. The number of hydrogen-bond acceptors (Lipinski definition) is 3. The summed E-state index contributed by atoms with van der Waals surface area (Å²) in [5.74, 6) is -0.850. The molecule has 0 heterocycles. The molecule has 0 aliphatic heterocycles. The molecule has 0 aliphatic rings. The number of benzene rings is 2. The number of aliphatic carboxylic acids is 1. The van der Waals surface area contributed by atoms with E-state index in [1.165, 1.54) is 6.92 Å². The molecule has 0 bridgehead atoms. The van der Waals surface area contributed by atoms with Gasteiger partial charge in [-0.3, -0.25) is 4.79 Å². The van der Waals surface area contributed by atoms with Crippen molar-refractivity contribution >= 4 is 17.6 Å². The van der Waals surface area contributed by atoms with Gasteiger partial charge in [0, 0.05) is 11.3 Å². The van der Waals surface area contributed by atoms with Crippen molar-refractivity contribution < 1.29 is 19.4 Å². The number of rotatable bonds is 6. The lowest BCUT2D eigenvalue weighted by molar-refractivity contribution is -0.144. The number of nitrogens with one attached hydrogen (secondary N) is 1. The van der Waals surface area contributed by atoms with Crippen LogP contribution in [0.15, 0.2) is 48.5 Å². The second-order valence-electron chi connectivity index (χ2n) is 5.09. The fourth-order valence-electron chi connectivity index (χ4n) is 2.08. The van der Waals surface area contributed by atoms with Gasteiger partial charge in [-0.2, -0.15) is 0 Å². The minimum atomic E-state index is -1.04. The Morgan fingerprint density at radius 2 is 1.78 bits per heavy atom. The lowest BCUT2D eigenvalue weighted by Gasteiger charge is -2.12. The summed E-state index contributed by atoms with van der Waals surface area (Å²) >= 11 is 0. The summed E-state index contributed by atoms with van der Waals surface area (Å²) in [6.07, 6.45) is -0.109. The molecule has 0 radical (unpaired) electrons. The van der Waals surface area contributed by atoms with Gasteiger partial charge < -0.3 is 15.2 Å². The Kier molecular flexibility index (Phi) is 5.36. The molecular weight excluding hydrogens is 294 g/mol. The van der Waals surface area contributed by atoms with Crippen LogP contribution in [0.5, 0.6) is 5.75 Å². The first-order valence-corrected chi connectivity index (χ1v) is 7.40. The van der Waals surface area contributed by atoms with Gasteiger partial charge in [0.15, 0.2) is 6.10 Å². The first-order chi connectivity index (χ1) is 11.0. The maximum absolute atomic E-state index is 12.3. The highest BCUT2D eigenvalue weighted by Crippen LogP contribution is 2.18. The first-order valence-electron chi connectivity index (χ1n) is 7.40. The summed E-state index contributed by atoms with van der Waals surface area (Å²) < 4.78 is 5.23. The molecule has 0 saturated carbocycles. The van der Waals surface area contributed by atoms with Crippen molar-refractivity contribution in [3.8, 4) is 5.75 Å². The van der Waals surface area contributed by atoms with Crippen molar-refractivity contribution in [2.75, 3.05) is 5.32 Å². The topological polar surface area (TPSA) is 75.6 Å². The summed E-state index contributed by atoms with van der Waals surface area (Å²) in [6.45, 7) is 3.48. The SMILES string of the molecule is CCc1ccccc1NC(=O)c1ccc(O[C@@H](C)C(=O)O)cc1. The first kappa shape index (κ1) is 16.5. The third kappa shape index (κ3) is 4.32. The van der Waals surface area contributed by atoms with Crippen LogP contribution in [-0.4, -0.2) is 23.1 Å². The molecule has 2 N–H and O–H groups in total. The van der Waals surface area contributed by atoms with E-state index in [-0.39, 0.29) is 5.91 Å². The molecule has 120 valence electrons. The van der Waals surface area contributed by atoms with Gasteiger partial charge in [-0.1, -0.05) is 25.1 Å². The Hall–Kier alpha value is -2.82. The third-order valence-electron chi connectivity index (χ3n) is 3.42. The van der Waals surface area contributed by atoms with Crippen molar-refractivity contribution in [3.05, 3.63) is 59.7 Å². The molecule has 5 heteroatoms. The van der Waals surface area contributed by atoms with Crippen molar-refractivity contribution in [3.63, 3.8) is 0 Å². The lowest BCUT2D eigenvalue weighted by atomic mass is 10.1. The van der Waals surface area contributed by atoms with E-state index < -0.39 is 12.1 Å². The molecular formula is C18H19NO4. The van der Waals surface area contributed by atoms with Crippen molar-refractivity contribution in [2.45, 2.75) is 26.4 Å². The van der Waals surface area contributed by atoms with E-state index in [0.717, 1.165) is 17.7 Å². The number of carboxylic acid groups (broad SMARTS) is 1. The fraction of sp³-hybridized carbons (Fsp3) is 0.222. The molecule has 23 heavy (non-hydrogen) atoms. The van der Waals surface area contributed by atoms with Gasteiger partial charge in [0.25, 0.3) is 5.91 Å². The fourth-order valence-corrected chi connectivity index (χ4v) is 2.08. The minimum Gasteiger partial charge on any atom is -0.479 e. The summed E-state index contributed by atoms with van der Waals surface area (Å²) in [5, 5.41) is 11.7. The Balaban J connectivity index is 2.07. The number of anilines is 1. The van der Waals surface area contributed by atoms with Crippen molar-refractivity contribution in [2.24, 2.45) is 0 Å². The second-order valence-corrected chi connectivity index (χ2v) is 5.09. The van der Waals surface area contributed by atoms with E-state index in [9.17, 15) is 9.59 Å². The molecule has 0 aliphatic carbocycles. The highest BCUT2D eigenvalue weighted by Gasteiger charge is 2.13. The van der Waals surface area contributed by atoms with Gasteiger partial charge in [-0.25, -0.2) is 4.79 Å². The lowest BCUT2D eigenvalue weighted by Crippen LogP contribution is -2.22. The number of aryl methyl sites for hydroxylation is 1. The van der Waals surface area contributed by atoms with Gasteiger partial charge in [-0.05, 0) is 49.2 Å². The van der Waals surface area contributed by atoms with Crippen LogP contribution in [0.3, 0.4) is 0 Å². The van der Waals surface area contributed by atoms with E-state index in [4.69, 9.17) is 9.84 Å². The molecule has 0 saturated heterocycles. The van der Waals surface area contributed by atoms with Crippen LogP contribution in [0, 0.1) is 0 Å². The number of carbonyl (C=O) groups is 2. The van der Waals surface area contributed by atoms with Crippen LogP contribution in [0.25, 0.3) is 0 Å². The molecule has 1 atom stereocenters. The van der Waals surface area contributed by atoms with Crippen LogP contribution < -0.4 is 10.1 Å². The van der Waals surface area contributed by atoms with Gasteiger partial charge >= 0.3 is 5.97 Å². The summed E-state index contributed by atoms with van der Waals surface area (Å²) in [7, 11) is 0. The second kappa shape index (κ2) is 7.45. The number of para-hydroxylation sites is 1. The zero-order valence-corrected chi connectivity index (χ0v) is 13.1. The minimum absolute atomic E-state index is 0.219. The van der Waals surface area contributed by atoms with Crippen LogP contribution in [0.4, 0.5) is 5.69 Å². The molecule has 2 aromatic carbocycles. The average Bonchev–Trinajstić information content (AvgIpc) is 2.55. The number of amides is 1. The molecule has 0 spiro atoms. The van der Waals surface area contributed by atoms with Crippen LogP contribution in [-0.2, 0) is 11.2 Å². The Morgan fingerprint density at radius 1 is 1.13 bits per heavy atom. The maximum atomic E-state index is 12.3. The van der Waals surface area contributed by atoms with Gasteiger partial charge in [0.05, 0.1) is 0 Å². The van der Waals surface area contributed by atoms with Crippen LogP contribution in [0.1, 0.15) is 29.8 Å². The zero-order chi connectivity index (χ0) is 16.8. The van der Waals surface area contributed by atoms with E-state index in [1.54, 1.807) is 24.3 Å². The number of carboxylic acids is 1. The smallest absolute Gasteiger partial charge is 0.344 e. The number of ether oxygens (including phenoxy) is 1. The third-order valence-corrected chi connectivity index (χ3v) is 3.42. The Labute approximate surface area is 134 Å². The highest BCUT2D eigenvalue weighted by molar-refractivity contribution is 6.04. The summed E-state index contributed by atoms with van der Waals surface area (Å²) in [4.78, 5) is 23.0.